The van der Waals surface area contributed by atoms with Crippen molar-refractivity contribution in [3.8, 4) is 0 Å². The second-order valence-corrected chi connectivity index (χ2v) is 3.57. The van der Waals surface area contributed by atoms with Gasteiger partial charge >= 0.3 is 6.09 Å². The number of likely N-dealkylation sites (tertiary alicyclic amines) is 1. The van der Waals surface area contributed by atoms with Gasteiger partial charge in [0, 0.05) is 20.5 Å². The number of hydrogen-bond donors (Lipinski definition) is 2. The molecule has 0 bridgehead atoms. The van der Waals surface area contributed by atoms with Crippen molar-refractivity contribution in [2.75, 3.05) is 20.6 Å². The number of aliphatic hydroxyl groups excluding tert-OH is 1. The molecule has 0 saturated carbocycles. The lowest BCUT2D eigenvalue weighted by Crippen LogP contribution is -2.44. The molecular weight excluding hydrogens is 188 g/mol. The number of amides is 2. The van der Waals surface area contributed by atoms with Crippen molar-refractivity contribution in [3.63, 3.8) is 0 Å². The number of carboxylic acid groups (broad SMARTS) is 1. The van der Waals surface area contributed by atoms with E-state index in [1.54, 1.807) is 14.1 Å². The topological polar surface area (TPSA) is 81.1 Å². The lowest BCUT2D eigenvalue weighted by Gasteiger charge is -2.23. The number of aliphatic hydroxyl groups is 1. The molecule has 0 aliphatic carbocycles. The molecule has 2 amide bonds. The number of hydrogen-bond acceptors (Lipinski definition) is 3. The van der Waals surface area contributed by atoms with Gasteiger partial charge in [-0.05, 0) is 0 Å². The highest BCUT2D eigenvalue weighted by Gasteiger charge is 2.39. The number of carbonyl (C=O) groups excluding carboxylic acids is 1. The van der Waals surface area contributed by atoms with E-state index in [1.165, 1.54) is 4.90 Å². The first-order chi connectivity index (χ1) is 6.43. The predicted molar refractivity (Wildman–Crippen MR) is 47.8 cm³/mol. The minimum absolute atomic E-state index is 0.0135. The zero-order chi connectivity index (χ0) is 10.9. The minimum Gasteiger partial charge on any atom is -0.465 e. The summed E-state index contributed by atoms with van der Waals surface area (Å²) < 4.78 is 0. The molecule has 2 atom stereocenters. The molecule has 2 N–H and O–H groups in total. The van der Waals surface area contributed by atoms with Crippen LogP contribution in [0, 0.1) is 0 Å². The first kappa shape index (κ1) is 10.8. The highest BCUT2D eigenvalue weighted by molar-refractivity contribution is 5.85. The molecule has 14 heavy (non-hydrogen) atoms. The van der Waals surface area contributed by atoms with Gasteiger partial charge in [-0.2, -0.15) is 0 Å². The summed E-state index contributed by atoms with van der Waals surface area (Å²) in [6.07, 6.45) is -1.72. The third-order valence-electron chi connectivity index (χ3n) is 2.25. The zero-order valence-electron chi connectivity index (χ0n) is 8.17. The van der Waals surface area contributed by atoms with Crippen LogP contribution in [0.5, 0.6) is 0 Å². The van der Waals surface area contributed by atoms with Crippen molar-refractivity contribution < 1.29 is 19.8 Å². The number of nitrogens with zero attached hydrogens (tertiary/aromatic N) is 2. The molecule has 0 aromatic rings. The van der Waals surface area contributed by atoms with E-state index in [0.717, 1.165) is 4.90 Å². The van der Waals surface area contributed by atoms with Gasteiger partial charge in [0.05, 0.1) is 12.6 Å². The van der Waals surface area contributed by atoms with Crippen molar-refractivity contribution in [2.24, 2.45) is 0 Å². The average Bonchev–Trinajstić information content (AvgIpc) is 2.45. The van der Waals surface area contributed by atoms with E-state index in [9.17, 15) is 14.7 Å². The lowest BCUT2D eigenvalue weighted by molar-refractivity contribution is -0.132. The third-order valence-corrected chi connectivity index (χ3v) is 2.25. The van der Waals surface area contributed by atoms with Crippen molar-refractivity contribution in [2.45, 2.75) is 18.6 Å². The van der Waals surface area contributed by atoms with Crippen LogP contribution in [0.4, 0.5) is 4.79 Å². The first-order valence-electron chi connectivity index (χ1n) is 4.32. The maximum atomic E-state index is 11.5. The molecule has 0 aromatic heterocycles. The number of rotatable bonds is 1. The summed E-state index contributed by atoms with van der Waals surface area (Å²) >= 11 is 0. The molecule has 6 nitrogen and oxygen atoms in total. The van der Waals surface area contributed by atoms with E-state index in [0.29, 0.717) is 0 Å². The smallest absolute Gasteiger partial charge is 0.408 e. The molecule has 1 saturated heterocycles. The predicted octanol–water partition coefficient (Wildman–Crippen LogP) is -0.812. The maximum Gasteiger partial charge on any atom is 0.408 e. The highest BCUT2D eigenvalue weighted by atomic mass is 16.4. The lowest BCUT2D eigenvalue weighted by atomic mass is 10.2. The zero-order valence-corrected chi connectivity index (χ0v) is 8.17. The molecule has 6 heteroatoms. The summed E-state index contributed by atoms with van der Waals surface area (Å²) in [5.41, 5.74) is 0. The molecule has 0 aromatic carbocycles. The Morgan fingerprint density at radius 2 is 2.00 bits per heavy atom. The molecule has 1 fully saturated rings. The van der Waals surface area contributed by atoms with Gasteiger partial charge in [0.1, 0.15) is 6.04 Å². The van der Waals surface area contributed by atoms with Crippen LogP contribution < -0.4 is 0 Å². The Morgan fingerprint density at radius 3 is 2.43 bits per heavy atom. The van der Waals surface area contributed by atoms with Gasteiger partial charge in [-0.25, -0.2) is 4.79 Å². The van der Waals surface area contributed by atoms with Crippen LogP contribution in [0.2, 0.25) is 0 Å². The fourth-order valence-electron chi connectivity index (χ4n) is 1.56. The largest absolute Gasteiger partial charge is 0.465 e. The summed E-state index contributed by atoms with van der Waals surface area (Å²) in [5.74, 6) is -0.288. The van der Waals surface area contributed by atoms with Gasteiger partial charge in [0.25, 0.3) is 0 Å². The summed E-state index contributed by atoms with van der Waals surface area (Å²) in [6, 6.07) is -0.738. The van der Waals surface area contributed by atoms with Gasteiger partial charge in [0.15, 0.2) is 0 Å². The molecule has 0 radical (unpaired) electrons. The van der Waals surface area contributed by atoms with Crippen LogP contribution >= 0.6 is 0 Å². The number of likely N-dealkylation sites (N-methyl/N-ethyl adjacent to an activating group) is 1. The SMILES string of the molecule is CN(C)C(=O)[C@@H]1C[C@H](O)CN1C(=O)O. The normalized spacial score (nSPS) is 26.4. The van der Waals surface area contributed by atoms with Crippen LogP contribution in [0.1, 0.15) is 6.42 Å². The quantitative estimate of drug-likeness (QED) is 0.582. The summed E-state index contributed by atoms with van der Waals surface area (Å²) in [6.45, 7) is 0.0135. The van der Waals surface area contributed by atoms with E-state index in [4.69, 9.17) is 5.11 Å². The van der Waals surface area contributed by atoms with Gasteiger partial charge in [0.2, 0.25) is 5.91 Å². The Labute approximate surface area is 81.7 Å². The Bertz CT molecular complexity index is 254. The fourth-order valence-corrected chi connectivity index (χ4v) is 1.56. The monoisotopic (exact) mass is 202 g/mol. The molecule has 80 valence electrons. The molecular formula is C8H14N2O4. The van der Waals surface area contributed by atoms with Gasteiger partial charge < -0.3 is 15.1 Å². The van der Waals surface area contributed by atoms with E-state index in [1.807, 2.05) is 0 Å². The van der Waals surface area contributed by atoms with Crippen LogP contribution in [0.3, 0.4) is 0 Å². The highest BCUT2D eigenvalue weighted by Crippen LogP contribution is 2.19. The molecule has 0 unspecified atom stereocenters. The Morgan fingerprint density at radius 1 is 1.43 bits per heavy atom. The Kier molecular flexibility index (Phi) is 2.95. The van der Waals surface area contributed by atoms with Crippen LogP contribution in [0.15, 0.2) is 0 Å². The van der Waals surface area contributed by atoms with Crippen LogP contribution in [-0.2, 0) is 4.79 Å². The van der Waals surface area contributed by atoms with E-state index >= 15 is 0 Å². The average molecular weight is 202 g/mol. The second kappa shape index (κ2) is 3.83. The Hall–Kier alpha value is -1.30. The number of carbonyl (C=O) groups is 2. The molecule has 1 heterocycles. The van der Waals surface area contributed by atoms with Crippen LogP contribution in [0.25, 0.3) is 0 Å². The second-order valence-electron chi connectivity index (χ2n) is 3.57. The third kappa shape index (κ3) is 1.95. The van der Waals surface area contributed by atoms with Crippen molar-refractivity contribution in [3.05, 3.63) is 0 Å². The fraction of sp³-hybridized carbons (Fsp3) is 0.750. The summed E-state index contributed by atoms with van der Waals surface area (Å²) in [5, 5.41) is 18.1. The van der Waals surface area contributed by atoms with Crippen molar-refractivity contribution in [1.29, 1.82) is 0 Å². The number of β-amino-alcohol motifs (C(OH)–C–C–N with tert-alkyl or cyclic N) is 1. The standard InChI is InChI=1S/C8H14N2O4/c1-9(2)7(12)6-3-5(11)4-10(6)8(13)14/h5-6,11H,3-4H2,1-2H3,(H,13,14)/t5-,6-/m0/s1. The van der Waals surface area contributed by atoms with Gasteiger partial charge in [-0.3, -0.25) is 9.69 Å². The minimum atomic E-state index is -1.17. The van der Waals surface area contributed by atoms with Crippen molar-refractivity contribution in [1.82, 2.24) is 9.80 Å². The summed E-state index contributed by atoms with van der Waals surface area (Å²) in [4.78, 5) is 24.6. The van der Waals surface area contributed by atoms with Crippen LogP contribution in [-0.4, -0.2) is 64.8 Å². The first-order valence-corrected chi connectivity index (χ1v) is 4.32. The molecule has 1 aliphatic rings. The van der Waals surface area contributed by atoms with E-state index < -0.39 is 18.2 Å². The van der Waals surface area contributed by atoms with Gasteiger partial charge in [-0.1, -0.05) is 0 Å². The maximum absolute atomic E-state index is 11.5. The van der Waals surface area contributed by atoms with Crippen molar-refractivity contribution >= 4 is 12.0 Å². The van der Waals surface area contributed by atoms with E-state index in [2.05, 4.69) is 0 Å². The summed E-state index contributed by atoms with van der Waals surface area (Å²) in [7, 11) is 3.13. The molecule has 1 rings (SSSR count). The molecule has 0 spiro atoms. The van der Waals surface area contributed by atoms with E-state index in [-0.39, 0.29) is 18.9 Å². The Balaban J connectivity index is 2.76. The van der Waals surface area contributed by atoms with Gasteiger partial charge in [-0.15, -0.1) is 0 Å². The molecule has 1 aliphatic heterocycles.